The van der Waals surface area contributed by atoms with Crippen LogP contribution in [0.5, 0.6) is 0 Å². The number of hydrogen-bond acceptors (Lipinski definition) is 3. The fraction of sp³-hybridized carbons (Fsp3) is 0.333. The number of alkyl halides is 6. The SMILES string of the molecule is NC(=O)C1(c2c(C(F)(F)F)nn(-c3c(Cl)cc(C(F)(F)F)cc3Cl)c2N)CC1. The van der Waals surface area contributed by atoms with Crippen molar-refractivity contribution in [2.45, 2.75) is 30.6 Å². The van der Waals surface area contributed by atoms with Crippen LogP contribution in [0.2, 0.25) is 10.0 Å². The van der Waals surface area contributed by atoms with Crippen molar-refractivity contribution in [2.75, 3.05) is 5.73 Å². The second-order valence-electron chi connectivity index (χ2n) is 6.25. The minimum Gasteiger partial charge on any atom is -0.383 e. The zero-order valence-electron chi connectivity index (χ0n) is 13.6. The van der Waals surface area contributed by atoms with Gasteiger partial charge >= 0.3 is 12.4 Å². The summed E-state index contributed by atoms with van der Waals surface area (Å²) in [5.74, 6) is -1.65. The summed E-state index contributed by atoms with van der Waals surface area (Å²) < 4.78 is 79.6. The lowest BCUT2D eigenvalue weighted by atomic mass is 9.94. The summed E-state index contributed by atoms with van der Waals surface area (Å²) in [6.07, 6.45) is -9.75. The van der Waals surface area contributed by atoms with E-state index < -0.39 is 62.0 Å². The minimum atomic E-state index is -5.01. The van der Waals surface area contributed by atoms with Crippen molar-refractivity contribution >= 4 is 34.9 Å². The predicted molar refractivity (Wildman–Crippen MR) is 88.1 cm³/mol. The van der Waals surface area contributed by atoms with Crippen LogP contribution in [0.4, 0.5) is 32.2 Å². The first-order valence-corrected chi connectivity index (χ1v) is 8.28. The smallest absolute Gasteiger partial charge is 0.383 e. The molecule has 3 rings (SSSR count). The van der Waals surface area contributed by atoms with Crippen molar-refractivity contribution in [3.63, 3.8) is 0 Å². The molecule has 0 unspecified atom stereocenters. The molecule has 1 fully saturated rings. The maximum Gasteiger partial charge on any atom is 0.435 e. The molecule has 1 aliphatic carbocycles. The monoisotopic (exact) mass is 446 g/mol. The highest BCUT2D eigenvalue weighted by atomic mass is 35.5. The number of amides is 1. The molecule has 1 aromatic carbocycles. The molecule has 0 spiro atoms. The van der Waals surface area contributed by atoms with Gasteiger partial charge in [-0.2, -0.15) is 31.4 Å². The Kier molecular flexibility index (Phi) is 4.54. The van der Waals surface area contributed by atoms with E-state index in [2.05, 4.69) is 5.10 Å². The van der Waals surface area contributed by atoms with E-state index in [1.54, 1.807) is 0 Å². The first kappa shape index (κ1) is 20.6. The maximum absolute atomic E-state index is 13.5. The topological polar surface area (TPSA) is 86.9 Å². The third-order valence-electron chi connectivity index (χ3n) is 4.45. The van der Waals surface area contributed by atoms with Crippen molar-refractivity contribution in [3.8, 4) is 5.69 Å². The second-order valence-corrected chi connectivity index (χ2v) is 7.07. The Morgan fingerprint density at radius 3 is 1.93 bits per heavy atom. The van der Waals surface area contributed by atoms with Gasteiger partial charge in [0.2, 0.25) is 5.91 Å². The second kappa shape index (κ2) is 6.18. The van der Waals surface area contributed by atoms with Crippen molar-refractivity contribution in [3.05, 3.63) is 39.0 Å². The molecule has 152 valence electrons. The molecule has 1 heterocycles. The number of anilines is 1. The summed E-state index contributed by atoms with van der Waals surface area (Å²) in [6, 6.07) is 0.968. The van der Waals surface area contributed by atoms with E-state index >= 15 is 0 Å². The van der Waals surface area contributed by atoms with E-state index in [4.69, 9.17) is 34.7 Å². The number of benzene rings is 1. The summed E-state index contributed by atoms with van der Waals surface area (Å²) in [4.78, 5) is 11.7. The number of aromatic nitrogens is 2. The quantitative estimate of drug-likeness (QED) is 0.688. The number of hydrogen-bond donors (Lipinski definition) is 2. The highest BCUT2D eigenvalue weighted by Gasteiger charge is 2.57. The minimum absolute atomic E-state index is 0.0236. The number of carbonyl (C=O) groups is 1. The molecule has 0 radical (unpaired) electrons. The van der Waals surface area contributed by atoms with Gasteiger partial charge in [-0.25, -0.2) is 4.68 Å². The highest BCUT2D eigenvalue weighted by molar-refractivity contribution is 6.38. The van der Waals surface area contributed by atoms with Crippen LogP contribution in [0, 0.1) is 0 Å². The molecule has 0 saturated heterocycles. The fourth-order valence-corrected chi connectivity index (χ4v) is 3.60. The van der Waals surface area contributed by atoms with E-state index in [1.165, 1.54) is 0 Å². The number of halogens is 8. The van der Waals surface area contributed by atoms with E-state index in [-0.39, 0.29) is 12.8 Å². The standard InChI is InChI=1S/C15H10Cl2F6N4O/c16-6-3-5(14(18,19)20)4-7(17)9(6)27-11(24)8(10(26-27)15(21,22)23)13(1-2-13)12(25)28/h3-4H,1-2,24H2,(H2,25,28). The molecule has 1 saturated carbocycles. The van der Waals surface area contributed by atoms with Gasteiger partial charge in [0.15, 0.2) is 5.69 Å². The molecular weight excluding hydrogens is 437 g/mol. The number of primary amides is 1. The lowest BCUT2D eigenvalue weighted by molar-refractivity contribution is -0.142. The summed E-state index contributed by atoms with van der Waals surface area (Å²) in [6.45, 7) is 0. The summed E-state index contributed by atoms with van der Waals surface area (Å²) in [5, 5.41) is 2.11. The summed E-state index contributed by atoms with van der Waals surface area (Å²) in [5.41, 5.74) is 5.60. The first-order valence-electron chi connectivity index (χ1n) is 7.53. The van der Waals surface area contributed by atoms with Gasteiger partial charge in [-0.3, -0.25) is 4.79 Å². The third-order valence-corrected chi connectivity index (χ3v) is 5.02. The zero-order chi connectivity index (χ0) is 21.2. The first-order chi connectivity index (χ1) is 12.7. The Bertz CT molecular complexity index is 955. The molecule has 13 heteroatoms. The predicted octanol–water partition coefficient (Wildman–Crippen LogP) is 4.32. The zero-order valence-corrected chi connectivity index (χ0v) is 15.1. The van der Waals surface area contributed by atoms with Crippen LogP contribution in [0.15, 0.2) is 12.1 Å². The van der Waals surface area contributed by atoms with Gasteiger partial charge in [0.25, 0.3) is 0 Å². The molecule has 2 aromatic rings. The number of rotatable bonds is 3. The Hall–Kier alpha value is -2.14. The molecule has 0 atom stereocenters. The van der Waals surface area contributed by atoms with Crippen LogP contribution in [0.3, 0.4) is 0 Å². The van der Waals surface area contributed by atoms with Crippen LogP contribution in [0.25, 0.3) is 5.69 Å². The van der Waals surface area contributed by atoms with E-state index in [0.717, 1.165) is 0 Å². The van der Waals surface area contributed by atoms with Crippen LogP contribution in [-0.4, -0.2) is 15.7 Å². The fourth-order valence-electron chi connectivity index (χ4n) is 2.95. The van der Waals surface area contributed by atoms with Crippen LogP contribution in [0.1, 0.15) is 29.7 Å². The number of nitrogen functional groups attached to an aromatic ring is 1. The molecule has 0 bridgehead atoms. The number of carbonyl (C=O) groups excluding carboxylic acids is 1. The Morgan fingerprint density at radius 2 is 1.57 bits per heavy atom. The number of nitrogens with zero attached hydrogens (tertiary/aromatic N) is 2. The Morgan fingerprint density at radius 1 is 1.07 bits per heavy atom. The Balaban J connectivity index is 2.28. The average Bonchev–Trinajstić information content (AvgIpc) is 3.25. The van der Waals surface area contributed by atoms with Gasteiger partial charge in [0, 0.05) is 5.56 Å². The maximum atomic E-state index is 13.5. The van der Waals surface area contributed by atoms with E-state index in [9.17, 15) is 31.1 Å². The molecule has 0 aliphatic heterocycles. The molecule has 28 heavy (non-hydrogen) atoms. The van der Waals surface area contributed by atoms with Gasteiger partial charge in [0.1, 0.15) is 11.5 Å². The van der Waals surface area contributed by atoms with Gasteiger partial charge in [0.05, 0.1) is 21.0 Å². The Labute approximate surface area is 163 Å². The average molecular weight is 447 g/mol. The van der Waals surface area contributed by atoms with Crippen LogP contribution >= 0.6 is 23.2 Å². The van der Waals surface area contributed by atoms with Gasteiger partial charge in [-0.05, 0) is 25.0 Å². The largest absolute Gasteiger partial charge is 0.435 e. The van der Waals surface area contributed by atoms with Crippen LogP contribution < -0.4 is 11.5 Å². The molecule has 4 N–H and O–H groups in total. The third kappa shape index (κ3) is 3.16. The molecule has 5 nitrogen and oxygen atoms in total. The molecule has 1 aliphatic rings. The van der Waals surface area contributed by atoms with Crippen LogP contribution in [-0.2, 0) is 22.6 Å². The number of nitrogens with two attached hydrogens (primary N) is 2. The van der Waals surface area contributed by atoms with Crippen molar-refractivity contribution in [2.24, 2.45) is 5.73 Å². The van der Waals surface area contributed by atoms with Crippen molar-refractivity contribution in [1.82, 2.24) is 9.78 Å². The van der Waals surface area contributed by atoms with Gasteiger partial charge in [-0.15, -0.1) is 0 Å². The lowest BCUT2D eigenvalue weighted by Gasteiger charge is -2.15. The molecule has 1 amide bonds. The molecule has 1 aromatic heterocycles. The normalized spacial score (nSPS) is 16.3. The van der Waals surface area contributed by atoms with Gasteiger partial charge < -0.3 is 11.5 Å². The lowest BCUT2D eigenvalue weighted by Crippen LogP contribution is -2.31. The van der Waals surface area contributed by atoms with Gasteiger partial charge in [-0.1, -0.05) is 23.2 Å². The van der Waals surface area contributed by atoms with E-state index in [0.29, 0.717) is 16.8 Å². The summed E-state index contributed by atoms with van der Waals surface area (Å²) >= 11 is 11.7. The highest BCUT2D eigenvalue weighted by Crippen LogP contribution is 2.54. The van der Waals surface area contributed by atoms with E-state index in [1.807, 2.05) is 0 Å². The summed E-state index contributed by atoms with van der Waals surface area (Å²) in [7, 11) is 0. The van der Waals surface area contributed by atoms with Crippen molar-refractivity contribution in [1.29, 1.82) is 0 Å². The van der Waals surface area contributed by atoms with Crippen molar-refractivity contribution < 1.29 is 31.1 Å². The molecular formula is C15H10Cl2F6N4O.